The van der Waals surface area contributed by atoms with E-state index in [9.17, 15) is 8.42 Å². The van der Waals surface area contributed by atoms with Crippen LogP contribution in [-0.2, 0) is 14.9 Å². The minimum Gasteiger partial charge on any atom is -0.370 e. The quantitative estimate of drug-likeness (QED) is 0.545. The zero-order valence-electron chi connectivity index (χ0n) is 12.2. The third-order valence-electron chi connectivity index (χ3n) is 3.87. The van der Waals surface area contributed by atoms with Crippen LogP contribution in [0.2, 0.25) is 0 Å². The summed E-state index contributed by atoms with van der Waals surface area (Å²) in [5.41, 5.74) is 0. The summed E-state index contributed by atoms with van der Waals surface area (Å²) in [5.74, 6) is 0.580. The van der Waals surface area contributed by atoms with Crippen LogP contribution in [0.3, 0.4) is 0 Å². The second-order valence-electron chi connectivity index (χ2n) is 6.02. The lowest BCUT2D eigenvalue weighted by molar-refractivity contribution is -0.935. The minimum absolute atomic E-state index is 0.127. The Morgan fingerprint density at radius 1 is 1.16 bits per heavy atom. The van der Waals surface area contributed by atoms with Gasteiger partial charge >= 0.3 is 0 Å². The molecule has 1 aliphatic heterocycles. The van der Waals surface area contributed by atoms with Gasteiger partial charge in [0.15, 0.2) is 0 Å². The summed E-state index contributed by atoms with van der Waals surface area (Å²) >= 11 is 0. The van der Waals surface area contributed by atoms with E-state index in [1.807, 2.05) is 0 Å². The van der Waals surface area contributed by atoms with Crippen molar-refractivity contribution in [3.8, 4) is 0 Å². The highest BCUT2D eigenvalue weighted by Gasteiger charge is 2.29. The maximum absolute atomic E-state index is 10.8. The second kappa shape index (κ2) is 7.57. The predicted octanol–water partition coefficient (Wildman–Crippen LogP) is 1.55. The highest BCUT2D eigenvalue weighted by molar-refractivity contribution is 7.85. The van der Waals surface area contributed by atoms with Gasteiger partial charge in [0.2, 0.25) is 0 Å². The van der Waals surface area contributed by atoms with E-state index >= 15 is 0 Å². The Balaban J connectivity index is 2.45. The Morgan fingerprint density at radius 2 is 1.74 bits per heavy atom. The van der Waals surface area contributed by atoms with Crippen molar-refractivity contribution in [1.82, 2.24) is 0 Å². The molecule has 6 heteroatoms. The molecule has 0 aromatic rings. The van der Waals surface area contributed by atoms with Gasteiger partial charge in [-0.15, -0.1) is 0 Å². The monoisotopic (exact) mass is 294 g/mol. The summed E-state index contributed by atoms with van der Waals surface area (Å²) in [6, 6.07) is 0. The largest absolute Gasteiger partial charge is 0.370 e. The van der Waals surface area contributed by atoms with E-state index in [4.69, 9.17) is 9.29 Å². The average Bonchev–Trinajstić information content (AvgIpc) is 2.28. The van der Waals surface area contributed by atoms with Crippen molar-refractivity contribution in [3.05, 3.63) is 0 Å². The molecule has 1 aliphatic rings. The van der Waals surface area contributed by atoms with Crippen molar-refractivity contribution >= 4 is 10.1 Å². The van der Waals surface area contributed by atoms with Gasteiger partial charge in [-0.05, 0) is 18.8 Å². The van der Waals surface area contributed by atoms with Gasteiger partial charge < -0.3 is 9.22 Å². The van der Waals surface area contributed by atoms with E-state index in [2.05, 4.69) is 13.8 Å². The lowest BCUT2D eigenvalue weighted by atomic mass is 10.1. The van der Waals surface area contributed by atoms with Crippen molar-refractivity contribution < 1.29 is 22.2 Å². The molecule has 0 spiro atoms. The van der Waals surface area contributed by atoms with Gasteiger partial charge in [-0.3, -0.25) is 4.55 Å². The number of morpholine rings is 1. The average molecular weight is 294 g/mol. The van der Waals surface area contributed by atoms with Gasteiger partial charge in [-0.1, -0.05) is 13.8 Å². The molecule has 0 aromatic carbocycles. The van der Waals surface area contributed by atoms with E-state index in [1.54, 1.807) is 0 Å². The van der Waals surface area contributed by atoms with Crippen molar-refractivity contribution in [2.45, 2.75) is 33.1 Å². The molecule has 1 N–H and O–H groups in total. The Kier molecular flexibility index (Phi) is 6.73. The third-order valence-corrected chi connectivity index (χ3v) is 4.67. The summed E-state index contributed by atoms with van der Waals surface area (Å²) in [6.07, 6.45) is 2.91. The molecule has 0 saturated carbocycles. The lowest BCUT2D eigenvalue weighted by Gasteiger charge is -2.41. The molecule has 0 atom stereocenters. The first-order valence-corrected chi connectivity index (χ1v) is 8.82. The molecule has 1 rings (SSSR count). The van der Waals surface area contributed by atoms with E-state index in [0.29, 0.717) is 12.3 Å². The second-order valence-corrected chi connectivity index (χ2v) is 7.60. The fourth-order valence-electron chi connectivity index (χ4n) is 2.71. The molecule has 0 bridgehead atoms. The number of quaternary nitrogens is 1. The van der Waals surface area contributed by atoms with E-state index in [1.165, 1.54) is 12.8 Å². The van der Waals surface area contributed by atoms with Crippen LogP contribution in [0, 0.1) is 5.92 Å². The van der Waals surface area contributed by atoms with Crippen molar-refractivity contribution in [2.75, 3.05) is 45.1 Å². The van der Waals surface area contributed by atoms with Gasteiger partial charge in [-0.2, -0.15) is 8.42 Å². The molecule has 0 aliphatic carbocycles. The van der Waals surface area contributed by atoms with Gasteiger partial charge in [0.1, 0.15) is 13.1 Å². The third kappa shape index (κ3) is 7.25. The molecule has 0 unspecified atom stereocenters. The van der Waals surface area contributed by atoms with Crippen LogP contribution in [0.5, 0.6) is 0 Å². The number of ether oxygens (including phenoxy) is 1. The van der Waals surface area contributed by atoms with Crippen LogP contribution in [0.4, 0.5) is 0 Å². The summed E-state index contributed by atoms with van der Waals surface area (Å²) in [4.78, 5) is 0. The lowest BCUT2D eigenvalue weighted by Crippen LogP contribution is -2.56. The van der Waals surface area contributed by atoms with Gasteiger partial charge in [0, 0.05) is 6.42 Å². The molecule has 19 heavy (non-hydrogen) atoms. The zero-order valence-corrected chi connectivity index (χ0v) is 13.0. The van der Waals surface area contributed by atoms with Crippen LogP contribution < -0.4 is 0 Å². The van der Waals surface area contributed by atoms with Crippen LogP contribution in [0.1, 0.15) is 33.1 Å². The molecular formula is C13H28NO4S+. The number of hydrogen-bond acceptors (Lipinski definition) is 3. The molecular weight excluding hydrogens is 266 g/mol. The Labute approximate surface area is 117 Å². The first-order chi connectivity index (χ1) is 8.83. The molecule has 0 aromatic heterocycles. The standard InChI is InChI=1S/C13H27NO4S/c1-13(2)5-3-6-14(8-10-18-11-9-14)7-4-12-19(15,16)17/h13H,3-12H2,1-2H3/p+1. The molecule has 1 heterocycles. The number of rotatable bonds is 8. The summed E-state index contributed by atoms with van der Waals surface area (Å²) in [5, 5.41) is 0. The fourth-order valence-corrected chi connectivity index (χ4v) is 3.20. The zero-order chi connectivity index (χ0) is 14.4. The van der Waals surface area contributed by atoms with Crippen molar-refractivity contribution in [1.29, 1.82) is 0 Å². The van der Waals surface area contributed by atoms with E-state index in [-0.39, 0.29) is 5.75 Å². The fraction of sp³-hybridized carbons (Fsp3) is 1.00. The maximum Gasteiger partial charge on any atom is 0.265 e. The highest BCUT2D eigenvalue weighted by atomic mass is 32.2. The Hall–Kier alpha value is -0.170. The normalized spacial score (nSPS) is 19.8. The SMILES string of the molecule is CC(C)CCC[N+]1(CCCS(=O)(=O)O)CCOCC1. The van der Waals surface area contributed by atoms with Gasteiger partial charge in [-0.25, -0.2) is 0 Å². The summed E-state index contributed by atoms with van der Waals surface area (Å²) < 4.78 is 36.8. The van der Waals surface area contributed by atoms with Gasteiger partial charge in [0.05, 0.1) is 32.1 Å². The molecule has 0 radical (unpaired) electrons. The van der Waals surface area contributed by atoms with Crippen molar-refractivity contribution in [3.63, 3.8) is 0 Å². The highest BCUT2D eigenvalue weighted by Crippen LogP contribution is 2.16. The first-order valence-electron chi connectivity index (χ1n) is 7.21. The van der Waals surface area contributed by atoms with E-state index < -0.39 is 10.1 Å². The molecule has 1 fully saturated rings. The summed E-state index contributed by atoms with van der Waals surface area (Å²) in [7, 11) is -3.83. The van der Waals surface area contributed by atoms with Crippen LogP contribution in [0.15, 0.2) is 0 Å². The molecule has 1 saturated heterocycles. The molecule has 5 nitrogen and oxygen atoms in total. The number of nitrogens with zero attached hydrogens (tertiary/aromatic N) is 1. The smallest absolute Gasteiger partial charge is 0.265 e. The van der Waals surface area contributed by atoms with Crippen molar-refractivity contribution in [2.24, 2.45) is 5.92 Å². The summed E-state index contributed by atoms with van der Waals surface area (Å²) in [6.45, 7) is 9.80. The van der Waals surface area contributed by atoms with Crippen LogP contribution in [-0.4, -0.2) is 62.6 Å². The van der Waals surface area contributed by atoms with E-state index in [0.717, 1.165) is 43.9 Å². The molecule has 114 valence electrons. The Bertz CT molecular complexity index is 348. The van der Waals surface area contributed by atoms with Crippen LogP contribution >= 0.6 is 0 Å². The van der Waals surface area contributed by atoms with Gasteiger partial charge in [0.25, 0.3) is 10.1 Å². The minimum atomic E-state index is -3.83. The molecule has 0 amide bonds. The first kappa shape index (κ1) is 16.9. The van der Waals surface area contributed by atoms with Crippen LogP contribution in [0.25, 0.3) is 0 Å². The Morgan fingerprint density at radius 3 is 2.26 bits per heavy atom. The predicted molar refractivity (Wildman–Crippen MR) is 75.7 cm³/mol. The topological polar surface area (TPSA) is 63.6 Å². The maximum atomic E-state index is 10.8. The number of hydrogen-bond donors (Lipinski definition) is 1.